The van der Waals surface area contributed by atoms with Crippen molar-refractivity contribution in [1.82, 2.24) is 25.3 Å². The van der Waals surface area contributed by atoms with Crippen molar-refractivity contribution in [3.05, 3.63) is 11.7 Å². The van der Waals surface area contributed by atoms with Crippen LogP contribution in [0.2, 0.25) is 0 Å². The largest absolute Gasteiger partial charge is 0.374 e. The van der Waals surface area contributed by atoms with Crippen LogP contribution in [0.3, 0.4) is 0 Å². The predicted octanol–water partition coefficient (Wildman–Crippen LogP) is 0.754. The van der Waals surface area contributed by atoms with E-state index >= 15 is 0 Å². The maximum Gasteiger partial charge on any atom is 0.242 e. The summed E-state index contributed by atoms with van der Waals surface area (Å²) >= 11 is 0. The summed E-state index contributed by atoms with van der Waals surface area (Å²) in [6, 6.07) is -0.604. The standard InChI is InChI=1S/C18H32N6O4.2ClH/c1-12(2)16(19)18(26)20-10-15(25)24-7-5-6-23(8-9-24)11-14-21-17(22-28-14)13(3)27-4;;/h12-13,16H,5-11,19H2,1-4H3,(H,20,26);2*1H/t13?,16-;;/m0../s1. The molecule has 0 radical (unpaired) electrons. The van der Waals surface area contributed by atoms with E-state index in [9.17, 15) is 9.59 Å². The zero-order valence-corrected chi connectivity index (χ0v) is 19.6. The number of nitrogens with two attached hydrogens (primary N) is 1. The number of ether oxygens (including phenoxy) is 1. The van der Waals surface area contributed by atoms with Gasteiger partial charge in [0.25, 0.3) is 0 Å². The summed E-state index contributed by atoms with van der Waals surface area (Å²) in [5.74, 6) is 0.699. The van der Waals surface area contributed by atoms with Gasteiger partial charge in [0, 0.05) is 33.3 Å². The zero-order chi connectivity index (χ0) is 20.7. The highest BCUT2D eigenvalue weighted by Crippen LogP contribution is 2.13. The van der Waals surface area contributed by atoms with E-state index in [4.69, 9.17) is 15.0 Å². The fourth-order valence-corrected chi connectivity index (χ4v) is 2.87. The van der Waals surface area contributed by atoms with Gasteiger partial charge in [-0.3, -0.25) is 14.5 Å². The van der Waals surface area contributed by atoms with Gasteiger partial charge in [-0.05, 0) is 19.3 Å². The van der Waals surface area contributed by atoms with Crippen LogP contribution in [0.1, 0.15) is 45.0 Å². The maximum absolute atomic E-state index is 12.4. The second kappa shape index (κ2) is 13.8. The molecular formula is C18H34Cl2N6O4. The van der Waals surface area contributed by atoms with Crippen LogP contribution in [-0.2, 0) is 20.9 Å². The minimum atomic E-state index is -0.604. The van der Waals surface area contributed by atoms with Crippen LogP contribution in [0.15, 0.2) is 4.52 Å². The van der Waals surface area contributed by atoms with E-state index in [1.54, 1.807) is 12.0 Å². The Morgan fingerprint density at radius 2 is 1.90 bits per heavy atom. The Morgan fingerprint density at radius 3 is 2.53 bits per heavy atom. The van der Waals surface area contributed by atoms with E-state index in [1.165, 1.54) is 0 Å². The van der Waals surface area contributed by atoms with Crippen molar-refractivity contribution in [2.24, 2.45) is 11.7 Å². The Labute approximate surface area is 190 Å². The van der Waals surface area contributed by atoms with Crippen LogP contribution in [0.25, 0.3) is 0 Å². The number of carbonyl (C=O) groups excluding carboxylic acids is 2. The molecule has 2 heterocycles. The lowest BCUT2D eigenvalue weighted by Crippen LogP contribution is -2.48. The molecule has 0 bridgehead atoms. The molecule has 0 spiro atoms. The van der Waals surface area contributed by atoms with E-state index in [0.717, 1.165) is 13.0 Å². The summed E-state index contributed by atoms with van der Waals surface area (Å²) in [6.45, 7) is 8.87. The Bertz CT molecular complexity index is 660. The van der Waals surface area contributed by atoms with Gasteiger partial charge in [-0.2, -0.15) is 4.98 Å². The molecule has 1 saturated heterocycles. The van der Waals surface area contributed by atoms with Crippen LogP contribution in [-0.4, -0.2) is 77.6 Å². The van der Waals surface area contributed by atoms with Crippen molar-refractivity contribution < 1.29 is 18.8 Å². The third-order valence-electron chi connectivity index (χ3n) is 4.94. The number of nitrogens with one attached hydrogen (secondary N) is 1. The number of amides is 2. The van der Waals surface area contributed by atoms with Gasteiger partial charge in [-0.1, -0.05) is 19.0 Å². The van der Waals surface area contributed by atoms with E-state index in [-0.39, 0.29) is 55.2 Å². The fourth-order valence-electron chi connectivity index (χ4n) is 2.87. The summed E-state index contributed by atoms with van der Waals surface area (Å²) in [5, 5.41) is 6.57. The molecule has 1 unspecified atom stereocenters. The minimum absolute atomic E-state index is 0. The molecule has 1 aliphatic heterocycles. The Kier molecular flexibility index (Phi) is 13.1. The van der Waals surface area contributed by atoms with Gasteiger partial charge in [0.2, 0.25) is 17.7 Å². The molecule has 2 atom stereocenters. The molecule has 2 amide bonds. The number of nitrogens with zero attached hydrogens (tertiary/aromatic N) is 4. The van der Waals surface area contributed by atoms with Gasteiger partial charge in [-0.25, -0.2) is 0 Å². The topological polar surface area (TPSA) is 127 Å². The van der Waals surface area contributed by atoms with Crippen molar-refractivity contribution in [2.45, 2.75) is 45.9 Å². The normalized spacial score (nSPS) is 16.8. The molecule has 1 aromatic heterocycles. The van der Waals surface area contributed by atoms with Gasteiger partial charge in [0.1, 0.15) is 6.10 Å². The Hall–Kier alpha value is -1.46. The van der Waals surface area contributed by atoms with E-state index in [1.807, 2.05) is 20.8 Å². The third-order valence-corrected chi connectivity index (χ3v) is 4.94. The molecule has 0 saturated carbocycles. The first-order valence-electron chi connectivity index (χ1n) is 9.70. The fraction of sp³-hybridized carbons (Fsp3) is 0.778. The quantitative estimate of drug-likeness (QED) is 0.571. The van der Waals surface area contributed by atoms with Crippen molar-refractivity contribution >= 4 is 36.6 Å². The highest BCUT2D eigenvalue weighted by Gasteiger charge is 2.23. The molecule has 0 aromatic carbocycles. The number of hydrogen-bond donors (Lipinski definition) is 2. The smallest absolute Gasteiger partial charge is 0.242 e. The first-order chi connectivity index (χ1) is 13.3. The summed E-state index contributed by atoms with van der Waals surface area (Å²) in [5.41, 5.74) is 5.80. The molecule has 0 aliphatic carbocycles. The van der Waals surface area contributed by atoms with E-state index in [0.29, 0.717) is 37.9 Å². The van der Waals surface area contributed by atoms with Crippen LogP contribution >= 0.6 is 24.8 Å². The average Bonchev–Trinajstić information content (AvgIpc) is 3.02. The molecule has 3 N–H and O–H groups in total. The number of halogens is 2. The molecule has 10 nitrogen and oxygen atoms in total. The van der Waals surface area contributed by atoms with E-state index < -0.39 is 6.04 Å². The van der Waals surface area contributed by atoms with Crippen LogP contribution in [0.4, 0.5) is 0 Å². The van der Waals surface area contributed by atoms with Gasteiger partial charge in [-0.15, -0.1) is 24.8 Å². The van der Waals surface area contributed by atoms with Crippen molar-refractivity contribution in [2.75, 3.05) is 39.8 Å². The van der Waals surface area contributed by atoms with Gasteiger partial charge < -0.3 is 25.2 Å². The lowest BCUT2D eigenvalue weighted by atomic mass is 10.1. The lowest BCUT2D eigenvalue weighted by molar-refractivity contribution is -0.133. The Balaban J connectivity index is 0.00000420. The number of aromatic nitrogens is 2. The first-order valence-corrected chi connectivity index (χ1v) is 9.70. The molecule has 1 aliphatic rings. The highest BCUT2D eigenvalue weighted by atomic mass is 35.5. The summed E-state index contributed by atoms with van der Waals surface area (Å²) in [6.07, 6.45) is 0.620. The van der Waals surface area contributed by atoms with Crippen LogP contribution in [0.5, 0.6) is 0 Å². The highest BCUT2D eigenvalue weighted by molar-refractivity contribution is 5.87. The van der Waals surface area contributed by atoms with Crippen molar-refractivity contribution in [3.63, 3.8) is 0 Å². The number of rotatable bonds is 8. The number of carbonyl (C=O) groups is 2. The molecular weight excluding hydrogens is 435 g/mol. The number of methoxy groups -OCH3 is 1. The molecule has 12 heteroatoms. The predicted molar refractivity (Wildman–Crippen MR) is 117 cm³/mol. The molecule has 1 fully saturated rings. The average molecular weight is 469 g/mol. The van der Waals surface area contributed by atoms with Gasteiger partial charge in [0.15, 0.2) is 5.82 Å². The summed E-state index contributed by atoms with van der Waals surface area (Å²) in [7, 11) is 1.60. The van der Waals surface area contributed by atoms with Crippen molar-refractivity contribution in [1.29, 1.82) is 0 Å². The molecule has 30 heavy (non-hydrogen) atoms. The number of hydrogen-bond acceptors (Lipinski definition) is 8. The lowest BCUT2D eigenvalue weighted by Gasteiger charge is -2.22. The molecule has 2 rings (SSSR count). The van der Waals surface area contributed by atoms with E-state index in [2.05, 4.69) is 20.4 Å². The summed E-state index contributed by atoms with van der Waals surface area (Å²) < 4.78 is 10.5. The van der Waals surface area contributed by atoms with Gasteiger partial charge >= 0.3 is 0 Å². The molecule has 174 valence electrons. The maximum atomic E-state index is 12.4. The third kappa shape index (κ3) is 8.35. The minimum Gasteiger partial charge on any atom is -0.374 e. The monoisotopic (exact) mass is 468 g/mol. The van der Waals surface area contributed by atoms with Crippen molar-refractivity contribution in [3.8, 4) is 0 Å². The summed E-state index contributed by atoms with van der Waals surface area (Å²) in [4.78, 5) is 32.6. The Morgan fingerprint density at radius 1 is 1.20 bits per heavy atom. The SMILES string of the molecule is COC(C)c1noc(CN2CCCN(C(=O)CNC(=O)[C@@H](N)C(C)C)CC2)n1.Cl.Cl. The second-order valence-electron chi connectivity index (χ2n) is 7.42. The molecule has 1 aromatic rings. The van der Waals surface area contributed by atoms with Crippen LogP contribution < -0.4 is 11.1 Å². The zero-order valence-electron chi connectivity index (χ0n) is 18.0. The first kappa shape index (κ1) is 28.5. The van der Waals surface area contributed by atoms with Gasteiger partial charge in [0.05, 0.1) is 19.1 Å². The van der Waals surface area contributed by atoms with Crippen LogP contribution in [0, 0.1) is 5.92 Å². The second-order valence-corrected chi connectivity index (χ2v) is 7.42.